The lowest BCUT2D eigenvalue weighted by molar-refractivity contribution is -0.385. The maximum absolute atomic E-state index is 11.5. The minimum absolute atomic E-state index is 0.00375. The van der Waals surface area contributed by atoms with Crippen molar-refractivity contribution in [3.63, 3.8) is 0 Å². The topological polar surface area (TPSA) is 110 Å². The monoisotopic (exact) mass is 293 g/mol. The van der Waals surface area contributed by atoms with E-state index in [-0.39, 0.29) is 17.6 Å². The number of carbonyl (C=O) groups is 1. The van der Waals surface area contributed by atoms with Crippen LogP contribution in [-0.4, -0.2) is 27.7 Å². The molecule has 2 atom stereocenters. The molecule has 21 heavy (non-hydrogen) atoms. The summed E-state index contributed by atoms with van der Waals surface area (Å²) in [5.41, 5.74) is 6.08. The van der Waals surface area contributed by atoms with Crippen molar-refractivity contribution in [1.82, 2.24) is 0 Å². The Kier molecular flexibility index (Phi) is 3.63. The van der Waals surface area contributed by atoms with E-state index in [0.29, 0.717) is 17.7 Å². The molecule has 0 aliphatic heterocycles. The largest absolute Gasteiger partial charge is 0.465 e. The first-order chi connectivity index (χ1) is 9.62. The van der Waals surface area contributed by atoms with Crippen LogP contribution in [0.25, 0.3) is 0 Å². The molecule has 7 nitrogen and oxygen atoms in total. The lowest BCUT2D eigenvalue weighted by atomic mass is 10.0. The minimum Gasteiger partial charge on any atom is -0.465 e. The number of nitro groups is 1. The molecule has 1 aliphatic rings. The van der Waals surface area contributed by atoms with Crippen LogP contribution in [0.1, 0.15) is 38.7 Å². The maximum Gasteiger partial charge on any atom is 0.412 e. The van der Waals surface area contributed by atoms with E-state index in [1.54, 1.807) is 26.8 Å². The van der Waals surface area contributed by atoms with Gasteiger partial charge in [0.15, 0.2) is 0 Å². The summed E-state index contributed by atoms with van der Waals surface area (Å²) >= 11 is 0. The predicted octanol–water partition coefficient (Wildman–Crippen LogP) is 2.69. The lowest BCUT2D eigenvalue weighted by Gasteiger charge is -2.33. The summed E-state index contributed by atoms with van der Waals surface area (Å²) in [5, 5.41) is 20.5. The SMILES string of the molecule is CC(C)(C)N(C(=O)O)c1ccc([N+](=O)[O-])c(C2CC2N)c1. The van der Waals surface area contributed by atoms with Gasteiger partial charge in [0.1, 0.15) is 0 Å². The van der Waals surface area contributed by atoms with Gasteiger partial charge in [-0.2, -0.15) is 0 Å². The van der Waals surface area contributed by atoms with Crippen LogP contribution < -0.4 is 10.6 Å². The Morgan fingerprint density at radius 1 is 1.48 bits per heavy atom. The second kappa shape index (κ2) is 5.00. The molecule has 114 valence electrons. The van der Waals surface area contributed by atoms with Gasteiger partial charge >= 0.3 is 6.09 Å². The van der Waals surface area contributed by atoms with E-state index < -0.39 is 16.6 Å². The Balaban J connectivity index is 2.51. The summed E-state index contributed by atoms with van der Waals surface area (Å²) in [6.07, 6.45) is -0.408. The predicted molar refractivity (Wildman–Crippen MR) is 78.7 cm³/mol. The van der Waals surface area contributed by atoms with Crippen LogP contribution in [0.5, 0.6) is 0 Å². The third-order valence-electron chi connectivity index (χ3n) is 3.57. The van der Waals surface area contributed by atoms with Gasteiger partial charge in [-0.1, -0.05) is 0 Å². The zero-order valence-corrected chi connectivity index (χ0v) is 12.2. The van der Waals surface area contributed by atoms with Crippen LogP contribution in [0.15, 0.2) is 18.2 Å². The van der Waals surface area contributed by atoms with E-state index in [1.807, 2.05) is 0 Å². The zero-order valence-electron chi connectivity index (χ0n) is 12.2. The molecule has 7 heteroatoms. The van der Waals surface area contributed by atoms with Crippen LogP contribution in [0.4, 0.5) is 16.2 Å². The number of benzene rings is 1. The summed E-state index contributed by atoms with van der Waals surface area (Å²) in [6.45, 7) is 5.31. The van der Waals surface area contributed by atoms with Gasteiger partial charge in [0.25, 0.3) is 5.69 Å². The van der Waals surface area contributed by atoms with Gasteiger partial charge in [-0.15, -0.1) is 0 Å². The molecule has 0 heterocycles. The molecule has 3 N–H and O–H groups in total. The number of hydrogen-bond donors (Lipinski definition) is 2. The molecule has 1 amide bonds. The third-order valence-corrected chi connectivity index (χ3v) is 3.57. The highest BCUT2D eigenvalue weighted by Gasteiger charge is 2.40. The average molecular weight is 293 g/mol. The minimum atomic E-state index is -1.10. The Labute approximate surface area is 122 Å². The standard InChI is InChI=1S/C14H19N3O4/c1-14(2,3)16(13(18)19)8-4-5-12(17(20)21)10(6-8)9-7-11(9)15/h4-6,9,11H,7,15H2,1-3H3,(H,18,19). The van der Waals surface area contributed by atoms with Crippen molar-refractivity contribution in [3.05, 3.63) is 33.9 Å². The van der Waals surface area contributed by atoms with Gasteiger partial charge in [-0.25, -0.2) is 4.79 Å². The number of nitrogens with two attached hydrogens (primary N) is 1. The Morgan fingerprint density at radius 3 is 2.43 bits per heavy atom. The van der Waals surface area contributed by atoms with Crippen LogP contribution >= 0.6 is 0 Å². The second-order valence-electron chi connectivity index (χ2n) is 6.30. The molecule has 1 saturated carbocycles. The molecule has 1 aromatic carbocycles. The third kappa shape index (κ3) is 2.97. The molecule has 0 bridgehead atoms. The highest BCUT2D eigenvalue weighted by Crippen LogP contribution is 2.44. The summed E-state index contributed by atoms with van der Waals surface area (Å²) in [6, 6.07) is 4.31. The Morgan fingerprint density at radius 2 is 2.05 bits per heavy atom. The molecular weight excluding hydrogens is 274 g/mol. The summed E-state index contributed by atoms with van der Waals surface area (Å²) in [5.74, 6) is -0.0686. The molecule has 2 rings (SSSR count). The first kappa shape index (κ1) is 15.2. The molecular formula is C14H19N3O4. The Hall–Kier alpha value is -2.15. The van der Waals surface area contributed by atoms with Gasteiger partial charge < -0.3 is 10.8 Å². The first-order valence-corrected chi connectivity index (χ1v) is 6.70. The van der Waals surface area contributed by atoms with Gasteiger partial charge in [-0.3, -0.25) is 15.0 Å². The summed E-state index contributed by atoms with van der Waals surface area (Å²) < 4.78 is 0. The van der Waals surface area contributed by atoms with Crippen LogP contribution in [0.3, 0.4) is 0 Å². The van der Waals surface area contributed by atoms with Crippen LogP contribution in [0.2, 0.25) is 0 Å². The Bertz CT molecular complexity index is 594. The zero-order chi connectivity index (χ0) is 15.9. The van der Waals surface area contributed by atoms with Crippen molar-refractivity contribution < 1.29 is 14.8 Å². The number of rotatable bonds is 3. The van der Waals surface area contributed by atoms with Crippen molar-refractivity contribution in [2.75, 3.05) is 4.90 Å². The van der Waals surface area contributed by atoms with Crippen molar-refractivity contribution in [1.29, 1.82) is 0 Å². The van der Waals surface area contributed by atoms with Crippen molar-refractivity contribution in [2.45, 2.75) is 44.7 Å². The van der Waals surface area contributed by atoms with Crippen molar-refractivity contribution in [2.24, 2.45) is 5.73 Å². The number of hydrogen-bond acceptors (Lipinski definition) is 4. The van der Waals surface area contributed by atoms with E-state index >= 15 is 0 Å². The quantitative estimate of drug-likeness (QED) is 0.657. The number of anilines is 1. The molecule has 1 fully saturated rings. The van der Waals surface area contributed by atoms with E-state index in [1.165, 1.54) is 17.0 Å². The molecule has 0 spiro atoms. The molecule has 2 unspecified atom stereocenters. The second-order valence-corrected chi connectivity index (χ2v) is 6.30. The summed E-state index contributed by atoms with van der Waals surface area (Å²) in [4.78, 5) is 23.4. The fraction of sp³-hybridized carbons (Fsp3) is 0.500. The van der Waals surface area contributed by atoms with E-state index in [0.717, 1.165) is 0 Å². The van der Waals surface area contributed by atoms with Crippen LogP contribution in [-0.2, 0) is 0 Å². The smallest absolute Gasteiger partial charge is 0.412 e. The van der Waals surface area contributed by atoms with E-state index in [4.69, 9.17) is 5.73 Å². The van der Waals surface area contributed by atoms with Crippen LogP contribution in [0, 0.1) is 10.1 Å². The molecule has 0 saturated heterocycles. The number of carboxylic acid groups (broad SMARTS) is 1. The highest BCUT2D eigenvalue weighted by atomic mass is 16.6. The number of amides is 1. The van der Waals surface area contributed by atoms with Gasteiger partial charge in [0.05, 0.1) is 4.92 Å². The molecule has 1 aliphatic carbocycles. The van der Waals surface area contributed by atoms with Gasteiger partial charge in [0.2, 0.25) is 0 Å². The summed E-state index contributed by atoms with van der Waals surface area (Å²) in [7, 11) is 0. The highest BCUT2D eigenvalue weighted by molar-refractivity contribution is 5.88. The van der Waals surface area contributed by atoms with Gasteiger partial charge in [-0.05, 0) is 39.3 Å². The average Bonchev–Trinajstić information content (AvgIpc) is 3.03. The molecule has 1 aromatic rings. The van der Waals surface area contributed by atoms with Crippen molar-refractivity contribution >= 4 is 17.5 Å². The van der Waals surface area contributed by atoms with E-state index in [9.17, 15) is 20.0 Å². The lowest BCUT2D eigenvalue weighted by Crippen LogP contribution is -2.45. The fourth-order valence-electron chi connectivity index (χ4n) is 2.50. The number of nitrogens with zero attached hydrogens (tertiary/aromatic N) is 2. The number of nitro benzene ring substituents is 1. The van der Waals surface area contributed by atoms with Crippen molar-refractivity contribution in [3.8, 4) is 0 Å². The maximum atomic E-state index is 11.5. The van der Waals surface area contributed by atoms with E-state index in [2.05, 4.69) is 0 Å². The van der Waals surface area contributed by atoms with Gasteiger partial charge in [0, 0.05) is 34.8 Å². The molecule has 0 radical (unpaired) electrons. The fourth-order valence-corrected chi connectivity index (χ4v) is 2.50. The first-order valence-electron chi connectivity index (χ1n) is 6.70. The molecule has 0 aromatic heterocycles. The normalized spacial score (nSPS) is 21.0.